The van der Waals surface area contributed by atoms with E-state index in [-0.39, 0.29) is 0 Å². The quantitative estimate of drug-likeness (QED) is 0.480. The van der Waals surface area contributed by atoms with E-state index in [0.29, 0.717) is 0 Å². The predicted molar refractivity (Wildman–Crippen MR) is 66.1 cm³/mol. The highest BCUT2D eigenvalue weighted by Gasteiger charge is 2.06. The standard InChI is InChI=1S/C7H5BrI2O/c1-11-5-3-2-4(9)6(8)7(5)10/h2-3H,1H3. The lowest BCUT2D eigenvalue weighted by atomic mass is 10.3. The van der Waals surface area contributed by atoms with Crippen molar-refractivity contribution in [2.75, 3.05) is 7.11 Å². The van der Waals surface area contributed by atoms with E-state index in [2.05, 4.69) is 61.1 Å². The highest BCUT2D eigenvalue weighted by atomic mass is 127. The minimum atomic E-state index is 0.915. The van der Waals surface area contributed by atoms with Gasteiger partial charge in [-0.05, 0) is 73.2 Å². The summed E-state index contributed by atoms with van der Waals surface area (Å²) in [4.78, 5) is 0. The number of hydrogen-bond donors (Lipinski definition) is 0. The van der Waals surface area contributed by atoms with Crippen molar-refractivity contribution in [3.63, 3.8) is 0 Å². The van der Waals surface area contributed by atoms with Gasteiger partial charge in [0.15, 0.2) is 0 Å². The van der Waals surface area contributed by atoms with E-state index in [0.717, 1.165) is 13.8 Å². The molecule has 1 nitrogen and oxygen atoms in total. The summed E-state index contributed by atoms with van der Waals surface area (Å²) in [5.74, 6) is 0.915. The third-order valence-electron chi connectivity index (χ3n) is 1.22. The van der Waals surface area contributed by atoms with Crippen LogP contribution in [0.15, 0.2) is 16.6 Å². The van der Waals surface area contributed by atoms with Crippen molar-refractivity contribution in [3.8, 4) is 5.75 Å². The van der Waals surface area contributed by atoms with Crippen molar-refractivity contribution in [2.24, 2.45) is 0 Å². The molecule has 0 radical (unpaired) electrons. The van der Waals surface area contributed by atoms with E-state index in [1.165, 1.54) is 3.57 Å². The van der Waals surface area contributed by atoms with Gasteiger partial charge < -0.3 is 4.74 Å². The molecule has 60 valence electrons. The summed E-state index contributed by atoms with van der Waals surface area (Å²) in [6, 6.07) is 3.99. The Kier molecular flexibility index (Phi) is 3.90. The van der Waals surface area contributed by atoms with Crippen LogP contribution < -0.4 is 4.74 Å². The van der Waals surface area contributed by atoms with Gasteiger partial charge in [0.25, 0.3) is 0 Å². The van der Waals surface area contributed by atoms with Crippen LogP contribution in [0.3, 0.4) is 0 Å². The molecule has 0 unspecified atom stereocenters. The van der Waals surface area contributed by atoms with E-state index in [1.54, 1.807) is 7.11 Å². The Morgan fingerprint density at radius 3 is 2.55 bits per heavy atom. The molecule has 0 aliphatic heterocycles. The van der Waals surface area contributed by atoms with Crippen molar-refractivity contribution in [1.82, 2.24) is 0 Å². The van der Waals surface area contributed by atoms with Crippen LogP contribution in [0.4, 0.5) is 0 Å². The first-order valence-corrected chi connectivity index (χ1v) is 5.79. The molecule has 1 aromatic carbocycles. The molecule has 0 fully saturated rings. The Hall–Kier alpha value is 0.960. The topological polar surface area (TPSA) is 9.23 Å². The molecule has 0 spiro atoms. The summed E-state index contributed by atoms with van der Waals surface area (Å²) in [5.41, 5.74) is 0. The number of hydrogen-bond acceptors (Lipinski definition) is 1. The predicted octanol–water partition coefficient (Wildman–Crippen LogP) is 3.67. The minimum absolute atomic E-state index is 0.915. The third kappa shape index (κ3) is 2.21. The molecule has 0 aliphatic rings. The van der Waals surface area contributed by atoms with E-state index in [4.69, 9.17) is 4.74 Å². The van der Waals surface area contributed by atoms with Crippen molar-refractivity contribution in [3.05, 3.63) is 23.7 Å². The van der Waals surface area contributed by atoms with E-state index < -0.39 is 0 Å². The Morgan fingerprint density at radius 1 is 1.36 bits per heavy atom. The zero-order chi connectivity index (χ0) is 8.43. The number of halogens is 3. The summed E-state index contributed by atoms with van der Waals surface area (Å²) >= 11 is 8.01. The molecule has 0 N–H and O–H groups in total. The zero-order valence-corrected chi connectivity index (χ0v) is 11.6. The van der Waals surface area contributed by atoms with Crippen LogP contribution in [0.1, 0.15) is 0 Å². The van der Waals surface area contributed by atoms with Crippen LogP contribution in [0, 0.1) is 7.14 Å². The fourth-order valence-corrected chi connectivity index (χ4v) is 2.65. The lowest BCUT2D eigenvalue weighted by molar-refractivity contribution is 0.411. The number of rotatable bonds is 1. The summed E-state index contributed by atoms with van der Waals surface area (Å²) < 4.78 is 8.57. The fraction of sp³-hybridized carbons (Fsp3) is 0.143. The molecular formula is C7H5BrI2O. The van der Waals surface area contributed by atoms with Crippen LogP contribution in [0.2, 0.25) is 0 Å². The smallest absolute Gasteiger partial charge is 0.133 e. The Labute approximate surface area is 101 Å². The Balaban J connectivity index is 3.25. The monoisotopic (exact) mass is 438 g/mol. The van der Waals surface area contributed by atoms with Crippen LogP contribution in [0.25, 0.3) is 0 Å². The largest absolute Gasteiger partial charge is 0.496 e. The van der Waals surface area contributed by atoms with Gasteiger partial charge in [0, 0.05) is 8.04 Å². The molecular weight excluding hydrogens is 434 g/mol. The number of ether oxygens (including phenoxy) is 1. The van der Waals surface area contributed by atoms with Crippen molar-refractivity contribution in [2.45, 2.75) is 0 Å². The average molecular weight is 439 g/mol. The Morgan fingerprint density at radius 2 is 2.00 bits per heavy atom. The summed E-state index contributed by atoms with van der Waals surface area (Å²) in [6.07, 6.45) is 0. The van der Waals surface area contributed by atoms with Crippen molar-refractivity contribution >= 4 is 61.1 Å². The van der Waals surface area contributed by atoms with Crippen molar-refractivity contribution in [1.29, 1.82) is 0 Å². The van der Waals surface area contributed by atoms with Gasteiger partial charge >= 0.3 is 0 Å². The fourth-order valence-electron chi connectivity index (χ4n) is 0.666. The lowest BCUT2D eigenvalue weighted by Crippen LogP contribution is -1.88. The molecule has 0 amide bonds. The van der Waals surface area contributed by atoms with Crippen LogP contribution >= 0.6 is 61.1 Å². The summed E-state index contributed by atoms with van der Waals surface area (Å²) in [5, 5.41) is 0. The van der Waals surface area contributed by atoms with Crippen LogP contribution in [0.5, 0.6) is 5.75 Å². The highest BCUT2D eigenvalue weighted by molar-refractivity contribution is 14.1. The van der Waals surface area contributed by atoms with Gasteiger partial charge in [-0.1, -0.05) is 0 Å². The molecule has 1 rings (SSSR count). The van der Waals surface area contributed by atoms with Crippen LogP contribution in [-0.2, 0) is 0 Å². The highest BCUT2D eigenvalue weighted by Crippen LogP contribution is 2.31. The molecule has 4 heteroatoms. The first-order chi connectivity index (χ1) is 5.16. The van der Waals surface area contributed by atoms with Gasteiger partial charge in [-0.3, -0.25) is 0 Å². The molecule has 0 saturated heterocycles. The van der Waals surface area contributed by atoms with E-state index in [9.17, 15) is 0 Å². The molecule has 0 bridgehead atoms. The SMILES string of the molecule is COc1ccc(I)c(Br)c1I. The maximum absolute atomic E-state index is 5.14. The summed E-state index contributed by atoms with van der Waals surface area (Å²) in [7, 11) is 1.68. The minimum Gasteiger partial charge on any atom is -0.496 e. The first kappa shape index (κ1) is 10.0. The second-order valence-electron chi connectivity index (χ2n) is 1.88. The molecule has 0 aromatic heterocycles. The van der Waals surface area contributed by atoms with E-state index in [1.807, 2.05) is 12.1 Å². The van der Waals surface area contributed by atoms with Crippen LogP contribution in [-0.4, -0.2) is 7.11 Å². The van der Waals surface area contributed by atoms with E-state index >= 15 is 0 Å². The second kappa shape index (κ2) is 4.27. The molecule has 11 heavy (non-hydrogen) atoms. The van der Waals surface area contributed by atoms with Gasteiger partial charge in [-0.15, -0.1) is 0 Å². The maximum Gasteiger partial charge on any atom is 0.133 e. The lowest BCUT2D eigenvalue weighted by Gasteiger charge is -2.05. The molecule has 0 heterocycles. The van der Waals surface area contributed by atoms with Gasteiger partial charge in [-0.2, -0.15) is 0 Å². The number of benzene rings is 1. The maximum atomic E-state index is 5.14. The zero-order valence-electron chi connectivity index (χ0n) is 5.70. The number of methoxy groups -OCH3 is 1. The normalized spacial score (nSPS) is 9.82. The van der Waals surface area contributed by atoms with Crippen molar-refractivity contribution < 1.29 is 4.74 Å². The average Bonchev–Trinajstić information content (AvgIpc) is 2.01. The van der Waals surface area contributed by atoms with Gasteiger partial charge in [-0.25, -0.2) is 0 Å². The molecule has 1 aromatic rings. The summed E-state index contributed by atoms with van der Waals surface area (Å²) in [6.45, 7) is 0. The van der Waals surface area contributed by atoms with Gasteiger partial charge in [0.2, 0.25) is 0 Å². The Bertz CT molecular complexity index is 275. The van der Waals surface area contributed by atoms with Gasteiger partial charge in [0.05, 0.1) is 10.7 Å². The third-order valence-corrected chi connectivity index (χ3v) is 5.50. The first-order valence-electron chi connectivity index (χ1n) is 2.84. The molecule has 0 atom stereocenters. The molecule has 0 saturated carbocycles. The second-order valence-corrected chi connectivity index (χ2v) is 4.91. The molecule has 0 aliphatic carbocycles. The van der Waals surface area contributed by atoms with Gasteiger partial charge in [0.1, 0.15) is 5.75 Å².